The molecule has 1 aliphatic rings. The molecule has 39 heavy (non-hydrogen) atoms. The Morgan fingerprint density at radius 2 is 1.51 bits per heavy atom. The quantitative estimate of drug-likeness (QED) is 0.220. The van der Waals surface area contributed by atoms with Gasteiger partial charge in [-0.2, -0.15) is 12.6 Å². The molecule has 1 aromatic carbocycles. The van der Waals surface area contributed by atoms with Crippen LogP contribution in [0.3, 0.4) is 0 Å². The Bertz CT molecular complexity index is 1170. The van der Waals surface area contributed by atoms with E-state index in [9.17, 15) is 24.0 Å². The molecule has 0 spiro atoms. The van der Waals surface area contributed by atoms with Crippen LogP contribution in [-0.4, -0.2) is 70.3 Å². The molecule has 2 heterocycles. The molecule has 3 atom stereocenters. The van der Waals surface area contributed by atoms with E-state index in [2.05, 4.69) is 33.6 Å². The molecule has 3 N–H and O–H groups in total. The van der Waals surface area contributed by atoms with E-state index in [-0.39, 0.29) is 36.6 Å². The maximum absolute atomic E-state index is 13.2. The van der Waals surface area contributed by atoms with Gasteiger partial charge in [0, 0.05) is 31.9 Å². The molecule has 0 saturated carbocycles. The summed E-state index contributed by atoms with van der Waals surface area (Å²) in [6, 6.07) is 10.2. The number of likely N-dealkylation sites (N-methyl/N-ethyl adjacent to an activating group) is 1. The van der Waals surface area contributed by atoms with E-state index in [1.807, 2.05) is 13.8 Å². The standard InChI is InChI=1S/C28H35N5O5S/c1-17(2)15-21(25(35)31-22(24(34)29-3)16-18-9-6-7-13-30-18)32-26(36)23(39)12-8-14-33-27(37)19-10-4-5-11-20(19)28(33)38/h4-7,9-11,13,17,21-23,39H,8,12,14-16H2,1-3H3,(H,29,34)(H,31,35)(H,32,36)/t21-,22-,23?/m0/s1. The minimum absolute atomic E-state index is 0.0856. The highest BCUT2D eigenvalue weighted by Crippen LogP contribution is 2.23. The monoisotopic (exact) mass is 553 g/mol. The van der Waals surface area contributed by atoms with Crippen LogP contribution in [0.1, 0.15) is 59.5 Å². The molecule has 0 bridgehead atoms. The lowest BCUT2D eigenvalue weighted by Gasteiger charge is -2.25. The van der Waals surface area contributed by atoms with Crippen molar-refractivity contribution in [3.8, 4) is 0 Å². The first kappa shape index (κ1) is 29.8. The van der Waals surface area contributed by atoms with Crippen LogP contribution in [0, 0.1) is 5.92 Å². The van der Waals surface area contributed by atoms with E-state index in [1.54, 1.807) is 48.7 Å². The first-order valence-corrected chi connectivity index (χ1v) is 13.5. The van der Waals surface area contributed by atoms with Gasteiger partial charge in [-0.05, 0) is 49.4 Å². The highest BCUT2D eigenvalue weighted by Gasteiger charge is 2.35. The number of pyridine rings is 1. The maximum atomic E-state index is 13.2. The number of nitrogens with one attached hydrogen (secondary N) is 3. The third-order valence-electron chi connectivity index (χ3n) is 6.40. The molecule has 2 aromatic rings. The molecule has 3 rings (SSSR count). The fourth-order valence-corrected chi connectivity index (χ4v) is 4.63. The third kappa shape index (κ3) is 7.89. The topological polar surface area (TPSA) is 138 Å². The third-order valence-corrected chi connectivity index (χ3v) is 6.89. The van der Waals surface area contributed by atoms with Crippen molar-refractivity contribution in [1.29, 1.82) is 0 Å². The summed E-state index contributed by atoms with van der Waals surface area (Å²) in [5.41, 5.74) is 1.40. The second-order valence-electron chi connectivity index (χ2n) is 9.86. The number of carbonyl (C=O) groups is 5. The Morgan fingerprint density at radius 1 is 0.897 bits per heavy atom. The van der Waals surface area contributed by atoms with Crippen molar-refractivity contribution in [3.63, 3.8) is 0 Å². The SMILES string of the molecule is CNC(=O)[C@H](Cc1ccccn1)NC(=O)[C@H](CC(C)C)NC(=O)C(S)CCCN1C(=O)c2ccccc2C1=O. The maximum Gasteiger partial charge on any atom is 0.261 e. The van der Waals surface area contributed by atoms with Crippen molar-refractivity contribution >= 4 is 42.2 Å². The summed E-state index contributed by atoms with van der Waals surface area (Å²) < 4.78 is 0. The molecule has 0 aliphatic carbocycles. The van der Waals surface area contributed by atoms with Crippen LogP contribution >= 0.6 is 12.6 Å². The number of fused-ring (bicyclic) bond motifs is 1. The van der Waals surface area contributed by atoms with Crippen LogP contribution in [-0.2, 0) is 20.8 Å². The fourth-order valence-electron chi connectivity index (χ4n) is 4.37. The van der Waals surface area contributed by atoms with Crippen LogP contribution in [0.5, 0.6) is 0 Å². The predicted octanol–water partition coefficient (Wildman–Crippen LogP) is 1.76. The lowest BCUT2D eigenvalue weighted by Crippen LogP contribution is -2.55. The number of rotatable bonds is 13. The highest BCUT2D eigenvalue weighted by molar-refractivity contribution is 7.81. The lowest BCUT2D eigenvalue weighted by atomic mass is 10.0. The van der Waals surface area contributed by atoms with E-state index >= 15 is 0 Å². The van der Waals surface area contributed by atoms with Gasteiger partial charge in [0.15, 0.2) is 0 Å². The van der Waals surface area contributed by atoms with Gasteiger partial charge in [0.2, 0.25) is 17.7 Å². The van der Waals surface area contributed by atoms with Crippen LogP contribution in [0.2, 0.25) is 0 Å². The summed E-state index contributed by atoms with van der Waals surface area (Å²) >= 11 is 4.41. The number of amides is 5. The van der Waals surface area contributed by atoms with E-state index in [0.29, 0.717) is 36.1 Å². The van der Waals surface area contributed by atoms with Gasteiger partial charge in [-0.25, -0.2) is 0 Å². The van der Waals surface area contributed by atoms with Crippen molar-refractivity contribution in [2.45, 2.75) is 56.9 Å². The molecule has 1 aromatic heterocycles. The first-order chi connectivity index (χ1) is 18.6. The number of hydrogen-bond donors (Lipinski definition) is 4. The Kier molecular flexibility index (Phi) is 10.6. The van der Waals surface area contributed by atoms with Crippen molar-refractivity contribution in [1.82, 2.24) is 25.8 Å². The molecule has 208 valence electrons. The first-order valence-electron chi connectivity index (χ1n) is 13.0. The van der Waals surface area contributed by atoms with Gasteiger partial charge in [0.1, 0.15) is 12.1 Å². The molecule has 0 radical (unpaired) electrons. The Hall–Kier alpha value is -3.73. The van der Waals surface area contributed by atoms with Crippen LogP contribution in [0.15, 0.2) is 48.7 Å². The number of nitrogens with zero attached hydrogens (tertiary/aromatic N) is 2. The van der Waals surface area contributed by atoms with Gasteiger partial charge in [0.25, 0.3) is 11.8 Å². The average molecular weight is 554 g/mol. The minimum atomic E-state index is -0.876. The largest absolute Gasteiger partial charge is 0.357 e. The van der Waals surface area contributed by atoms with Crippen molar-refractivity contribution in [2.75, 3.05) is 13.6 Å². The zero-order valence-corrected chi connectivity index (χ0v) is 23.2. The van der Waals surface area contributed by atoms with Gasteiger partial charge in [-0.15, -0.1) is 0 Å². The lowest BCUT2D eigenvalue weighted by molar-refractivity contribution is -0.132. The molecule has 5 amide bonds. The van der Waals surface area contributed by atoms with Crippen molar-refractivity contribution in [3.05, 3.63) is 65.5 Å². The molecule has 0 fully saturated rings. The normalized spacial score (nSPS) is 14.9. The summed E-state index contributed by atoms with van der Waals surface area (Å²) in [4.78, 5) is 69.1. The van der Waals surface area contributed by atoms with Gasteiger partial charge >= 0.3 is 0 Å². The second kappa shape index (κ2) is 13.9. The molecular weight excluding hydrogens is 518 g/mol. The molecule has 10 nitrogen and oxygen atoms in total. The van der Waals surface area contributed by atoms with E-state index in [1.165, 1.54) is 11.9 Å². The number of thiol groups is 1. The van der Waals surface area contributed by atoms with Crippen LogP contribution in [0.4, 0.5) is 0 Å². The molecule has 0 saturated heterocycles. The number of benzene rings is 1. The van der Waals surface area contributed by atoms with Crippen LogP contribution in [0.25, 0.3) is 0 Å². The Labute approximate surface area is 233 Å². The van der Waals surface area contributed by atoms with Gasteiger partial charge in [-0.3, -0.25) is 33.9 Å². The predicted molar refractivity (Wildman–Crippen MR) is 149 cm³/mol. The van der Waals surface area contributed by atoms with Gasteiger partial charge < -0.3 is 16.0 Å². The smallest absolute Gasteiger partial charge is 0.261 e. The summed E-state index contributed by atoms with van der Waals surface area (Å²) in [6.07, 6.45) is 2.83. The zero-order chi connectivity index (χ0) is 28.5. The molecular formula is C28H35N5O5S. The summed E-state index contributed by atoms with van der Waals surface area (Å²) in [5, 5.41) is 7.31. The summed E-state index contributed by atoms with van der Waals surface area (Å²) in [6.45, 7) is 4.02. The molecule has 1 unspecified atom stereocenters. The second-order valence-corrected chi connectivity index (χ2v) is 10.5. The highest BCUT2D eigenvalue weighted by atomic mass is 32.1. The number of carbonyl (C=O) groups excluding carboxylic acids is 5. The van der Waals surface area contributed by atoms with Crippen molar-refractivity contribution in [2.24, 2.45) is 5.92 Å². The Balaban J connectivity index is 1.57. The molecule has 11 heteroatoms. The zero-order valence-electron chi connectivity index (χ0n) is 22.3. The summed E-state index contributed by atoms with van der Waals surface area (Å²) in [5.74, 6) is -1.90. The Morgan fingerprint density at radius 3 is 2.08 bits per heavy atom. The average Bonchev–Trinajstić information content (AvgIpc) is 3.16. The summed E-state index contributed by atoms with van der Waals surface area (Å²) in [7, 11) is 1.49. The van der Waals surface area contributed by atoms with E-state index in [4.69, 9.17) is 0 Å². The van der Waals surface area contributed by atoms with Crippen molar-refractivity contribution < 1.29 is 24.0 Å². The fraction of sp³-hybridized carbons (Fsp3) is 0.429. The van der Waals surface area contributed by atoms with Gasteiger partial charge in [0.05, 0.1) is 16.4 Å². The minimum Gasteiger partial charge on any atom is -0.357 e. The van der Waals surface area contributed by atoms with E-state index in [0.717, 1.165) is 0 Å². The van der Waals surface area contributed by atoms with Gasteiger partial charge in [-0.1, -0.05) is 32.0 Å². The molecule has 1 aliphatic heterocycles. The van der Waals surface area contributed by atoms with E-state index < -0.39 is 29.1 Å². The van der Waals surface area contributed by atoms with Crippen LogP contribution < -0.4 is 16.0 Å². The number of imide groups is 1. The number of aromatic nitrogens is 1. The number of hydrogen-bond acceptors (Lipinski definition) is 7.